The van der Waals surface area contributed by atoms with Crippen LogP contribution in [0.1, 0.15) is 88.0 Å². The zero-order chi connectivity index (χ0) is 29.0. The summed E-state index contributed by atoms with van der Waals surface area (Å²) < 4.78 is 17.5. The second-order valence-electron chi connectivity index (χ2n) is 13.0. The number of carbonyl (C=O) groups is 2. The van der Waals surface area contributed by atoms with Gasteiger partial charge in [-0.3, -0.25) is 4.79 Å². The van der Waals surface area contributed by atoms with Crippen molar-refractivity contribution in [3.8, 4) is 0 Å². The maximum Gasteiger partial charge on any atom is 0.498 e. The first kappa shape index (κ1) is 31.7. The molecular weight excluding hydrogens is 515 g/mol. The molecule has 1 N–H and O–H groups in total. The molecule has 0 radical (unpaired) electrons. The maximum atomic E-state index is 13.2. The van der Waals surface area contributed by atoms with Gasteiger partial charge in [0.2, 0.25) is 5.91 Å². The predicted octanol–water partition coefficient (Wildman–Crippen LogP) is 4.44. The summed E-state index contributed by atoms with van der Waals surface area (Å²) >= 11 is 1.66. The van der Waals surface area contributed by atoms with E-state index < -0.39 is 24.9 Å². The number of piperidine rings is 1. The van der Waals surface area contributed by atoms with Crippen LogP contribution < -0.4 is 10.8 Å². The van der Waals surface area contributed by atoms with Gasteiger partial charge in [0.25, 0.3) is 0 Å². The molecule has 39 heavy (non-hydrogen) atoms. The van der Waals surface area contributed by atoms with E-state index in [0.29, 0.717) is 5.92 Å². The summed E-state index contributed by atoms with van der Waals surface area (Å²) in [6.07, 6.45) is 7.19. The number of ether oxygens (including phenoxy) is 1. The lowest BCUT2D eigenvalue weighted by molar-refractivity contribution is -0.136. The molecule has 3 heterocycles. The van der Waals surface area contributed by atoms with E-state index in [1.807, 2.05) is 67.2 Å². The van der Waals surface area contributed by atoms with Crippen molar-refractivity contribution in [1.82, 2.24) is 20.2 Å². The van der Waals surface area contributed by atoms with E-state index in [-0.39, 0.29) is 23.0 Å². The van der Waals surface area contributed by atoms with E-state index in [2.05, 4.69) is 15.3 Å². The van der Waals surface area contributed by atoms with Gasteiger partial charge in [0.15, 0.2) is 5.16 Å². The molecule has 0 unspecified atom stereocenters. The first-order chi connectivity index (χ1) is 18.1. The van der Waals surface area contributed by atoms with E-state index in [1.54, 1.807) is 24.2 Å². The fourth-order valence-electron chi connectivity index (χ4n) is 4.62. The Hall–Kier alpha value is -1.85. The highest BCUT2D eigenvalue weighted by molar-refractivity contribution is 7.99. The highest BCUT2D eigenvalue weighted by Crippen LogP contribution is 2.36. The van der Waals surface area contributed by atoms with Crippen LogP contribution in [0.3, 0.4) is 0 Å². The smallest absolute Gasteiger partial charge is 0.444 e. The number of carbonyl (C=O) groups excluding carboxylic acids is 2. The molecule has 0 aliphatic carbocycles. The van der Waals surface area contributed by atoms with Crippen molar-refractivity contribution in [3.63, 3.8) is 0 Å². The van der Waals surface area contributed by atoms with Crippen molar-refractivity contribution in [2.75, 3.05) is 18.8 Å². The molecule has 11 heteroatoms. The molecule has 1 aromatic heterocycles. The lowest BCUT2D eigenvalue weighted by Gasteiger charge is -2.35. The second-order valence-corrected chi connectivity index (χ2v) is 14.1. The third-order valence-electron chi connectivity index (χ3n) is 7.69. The van der Waals surface area contributed by atoms with Gasteiger partial charge in [-0.15, -0.1) is 0 Å². The molecular formula is C28H47BN4O5S. The minimum absolute atomic E-state index is 0.0204. The van der Waals surface area contributed by atoms with Crippen LogP contribution in [-0.4, -0.2) is 75.7 Å². The summed E-state index contributed by atoms with van der Waals surface area (Å²) in [5, 5.41) is 3.54. The molecule has 2 saturated heterocycles. The van der Waals surface area contributed by atoms with Crippen LogP contribution in [0, 0.1) is 11.8 Å². The molecule has 2 amide bonds. The molecule has 2 aliphatic heterocycles. The summed E-state index contributed by atoms with van der Waals surface area (Å²) in [6.45, 7) is 18.9. The molecule has 2 aliphatic rings. The zero-order valence-corrected chi connectivity index (χ0v) is 26.0. The Balaban J connectivity index is 1.37. The topological polar surface area (TPSA) is 103 Å². The van der Waals surface area contributed by atoms with Crippen LogP contribution in [0.15, 0.2) is 17.6 Å². The van der Waals surface area contributed by atoms with Gasteiger partial charge in [-0.25, -0.2) is 14.8 Å². The fraction of sp³-hybridized carbons (Fsp3) is 0.786. The number of hydrogen-bond acceptors (Lipinski definition) is 8. The van der Waals surface area contributed by atoms with Crippen molar-refractivity contribution in [3.05, 3.63) is 12.4 Å². The largest absolute Gasteiger partial charge is 0.498 e. The normalized spacial score (nSPS) is 20.3. The van der Waals surface area contributed by atoms with Gasteiger partial charge in [-0.05, 0) is 86.0 Å². The van der Waals surface area contributed by atoms with Crippen molar-refractivity contribution < 1.29 is 23.6 Å². The average molecular weight is 563 g/mol. The van der Waals surface area contributed by atoms with Crippen molar-refractivity contribution in [1.29, 1.82) is 0 Å². The lowest BCUT2D eigenvalue weighted by atomic mass is 9.81. The van der Waals surface area contributed by atoms with Crippen molar-refractivity contribution in [2.24, 2.45) is 11.8 Å². The van der Waals surface area contributed by atoms with Gasteiger partial charge in [-0.1, -0.05) is 25.6 Å². The summed E-state index contributed by atoms with van der Waals surface area (Å²) in [4.78, 5) is 36.3. The minimum atomic E-state index is -0.602. The number of rotatable bonds is 9. The Labute approximate surface area is 239 Å². The van der Waals surface area contributed by atoms with Crippen LogP contribution in [-0.2, 0) is 18.8 Å². The van der Waals surface area contributed by atoms with Crippen LogP contribution in [0.2, 0.25) is 0 Å². The van der Waals surface area contributed by atoms with Gasteiger partial charge >= 0.3 is 13.2 Å². The van der Waals surface area contributed by atoms with Crippen molar-refractivity contribution >= 4 is 36.3 Å². The third-order valence-corrected chi connectivity index (χ3v) is 8.65. The molecule has 1 atom stereocenters. The van der Waals surface area contributed by atoms with Crippen LogP contribution in [0.4, 0.5) is 4.79 Å². The number of hydrogen-bond donors (Lipinski definition) is 1. The van der Waals surface area contributed by atoms with Gasteiger partial charge in [0.05, 0.1) is 11.2 Å². The Bertz CT molecular complexity index is 959. The fourth-order valence-corrected chi connectivity index (χ4v) is 5.37. The van der Waals surface area contributed by atoms with Gasteiger partial charge in [-0.2, -0.15) is 0 Å². The first-order valence-corrected chi connectivity index (χ1v) is 15.2. The number of amides is 2. The quantitative estimate of drug-likeness (QED) is 0.204. The number of nitrogens with zero attached hydrogens (tertiary/aromatic N) is 3. The summed E-state index contributed by atoms with van der Waals surface area (Å²) in [6, 6.07) is -0.580. The first-order valence-electron chi connectivity index (χ1n) is 14.2. The maximum absolute atomic E-state index is 13.2. The molecule has 3 rings (SSSR count). The second kappa shape index (κ2) is 12.8. The Morgan fingerprint density at radius 1 is 1.13 bits per heavy atom. The molecule has 9 nitrogen and oxygen atoms in total. The molecule has 0 saturated carbocycles. The van der Waals surface area contributed by atoms with Crippen LogP contribution in [0.25, 0.3) is 0 Å². The standard InChI is InChI=1S/C28H47BN4O5S/c1-19(2)22(32-25(35)36-26(3,4)5)23(34)33-14-12-20(13-15-33)11-10-16-39-24-30-17-21(18-31-24)29-37-27(6,7)28(8,9)38-29/h17-20,22H,10-16H2,1-9H3,(H,32,35)/t22-/m1/s1. The van der Waals surface area contributed by atoms with Gasteiger partial charge < -0.3 is 24.3 Å². The molecule has 2 fully saturated rings. The van der Waals surface area contributed by atoms with Crippen LogP contribution >= 0.6 is 11.8 Å². The molecule has 0 bridgehead atoms. The van der Waals surface area contributed by atoms with E-state index >= 15 is 0 Å². The monoisotopic (exact) mass is 562 g/mol. The molecule has 0 aromatic carbocycles. The molecule has 0 spiro atoms. The van der Waals surface area contributed by atoms with E-state index in [1.165, 1.54) is 0 Å². The SMILES string of the molecule is CC(C)[C@@H](NC(=O)OC(C)(C)C)C(=O)N1CCC(CCCSc2ncc(B3OC(C)(C)C(C)(C)O3)cn2)CC1. The van der Waals surface area contributed by atoms with Crippen molar-refractivity contribution in [2.45, 2.75) is 116 Å². The minimum Gasteiger partial charge on any atom is -0.444 e. The van der Waals surface area contributed by atoms with Crippen LogP contribution in [0.5, 0.6) is 0 Å². The average Bonchev–Trinajstić information content (AvgIpc) is 3.06. The Kier molecular flexibility index (Phi) is 10.4. The Morgan fingerprint density at radius 3 is 2.21 bits per heavy atom. The summed E-state index contributed by atoms with van der Waals surface area (Å²) in [5.41, 5.74) is -0.543. The Morgan fingerprint density at radius 2 is 1.69 bits per heavy atom. The number of thioether (sulfide) groups is 1. The van der Waals surface area contributed by atoms with E-state index in [9.17, 15) is 9.59 Å². The molecule has 1 aromatic rings. The van der Waals surface area contributed by atoms with Gasteiger partial charge in [0.1, 0.15) is 11.6 Å². The number of alkyl carbamates (subject to hydrolysis) is 1. The summed E-state index contributed by atoms with van der Waals surface area (Å²) in [7, 11) is -0.448. The third kappa shape index (κ3) is 8.82. The predicted molar refractivity (Wildman–Crippen MR) is 155 cm³/mol. The number of nitrogens with one attached hydrogen (secondary N) is 1. The summed E-state index contributed by atoms with van der Waals surface area (Å²) in [5.74, 6) is 1.50. The lowest BCUT2D eigenvalue weighted by Crippen LogP contribution is -2.53. The highest BCUT2D eigenvalue weighted by Gasteiger charge is 2.52. The zero-order valence-electron chi connectivity index (χ0n) is 25.2. The number of likely N-dealkylation sites (tertiary alicyclic amines) is 1. The van der Waals surface area contributed by atoms with Gasteiger partial charge in [0, 0.05) is 36.7 Å². The van der Waals surface area contributed by atoms with E-state index in [4.69, 9.17) is 14.0 Å². The molecule has 218 valence electrons. The van der Waals surface area contributed by atoms with E-state index in [0.717, 1.165) is 55.1 Å². The highest BCUT2D eigenvalue weighted by atomic mass is 32.2. The number of aromatic nitrogens is 2.